The normalized spacial score (nSPS) is 20.8. The van der Waals surface area contributed by atoms with Crippen LogP contribution in [-0.2, 0) is 9.47 Å². The van der Waals surface area contributed by atoms with Crippen molar-refractivity contribution >= 4 is 0 Å². The summed E-state index contributed by atoms with van der Waals surface area (Å²) in [5, 5.41) is 0. The van der Waals surface area contributed by atoms with Crippen molar-refractivity contribution in [3.05, 3.63) is 106 Å². The van der Waals surface area contributed by atoms with Gasteiger partial charge in [-0.05, 0) is 77.9 Å². The Balaban J connectivity index is 1.22. The maximum Gasteiger partial charge on any atom is 0.106 e. The molecule has 1 aliphatic carbocycles. The topological polar surface area (TPSA) is 25.1 Å². The molecule has 2 unspecified atom stereocenters. The Bertz CT molecular complexity index is 1230. The van der Waals surface area contributed by atoms with Crippen LogP contribution in [-0.4, -0.2) is 13.2 Å². The monoisotopic (exact) mass is 402 g/mol. The fraction of sp³-hybridized carbons (Fsp3) is 0.241. The van der Waals surface area contributed by atoms with Crippen LogP contribution in [0.15, 0.2) is 66.7 Å². The molecule has 3 aromatic carbocycles. The molecule has 150 valence electrons. The molecule has 6 rings (SSSR count). The Kier molecular flexibility index (Phi) is 4.62. The summed E-state index contributed by atoms with van der Waals surface area (Å²) in [5.41, 5.74) is 8.05. The average molecular weight is 402 g/mol. The molecule has 3 aliphatic rings. The highest BCUT2D eigenvalue weighted by Crippen LogP contribution is 2.42. The highest BCUT2D eigenvalue weighted by molar-refractivity contribution is 5.54. The largest absolute Gasteiger partial charge is 0.368 e. The van der Waals surface area contributed by atoms with Gasteiger partial charge >= 0.3 is 0 Å². The first kappa shape index (κ1) is 18.5. The smallest absolute Gasteiger partial charge is 0.106 e. The third kappa shape index (κ3) is 4.42. The van der Waals surface area contributed by atoms with Gasteiger partial charge in [0.1, 0.15) is 12.2 Å². The number of hydrogen-bond donors (Lipinski definition) is 0. The molecule has 0 N–H and O–H groups in total. The fourth-order valence-electron chi connectivity index (χ4n) is 3.81. The first-order chi connectivity index (χ1) is 15.3. The summed E-state index contributed by atoms with van der Waals surface area (Å²) < 4.78 is 10.7. The van der Waals surface area contributed by atoms with Gasteiger partial charge in [0.2, 0.25) is 0 Å². The van der Waals surface area contributed by atoms with E-state index in [2.05, 4.69) is 90.4 Å². The van der Waals surface area contributed by atoms with Gasteiger partial charge in [0.05, 0.1) is 13.2 Å². The molecule has 2 heterocycles. The van der Waals surface area contributed by atoms with Crippen LogP contribution in [0.4, 0.5) is 0 Å². The molecule has 2 heteroatoms. The predicted molar refractivity (Wildman–Crippen MR) is 121 cm³/mol. The number of epoxide rings is 2. The Morgan fingerprint density at radius 3 is 1.58 bits per heavy atom. The first-order valence-corrected chi connectivity index (χ1v) is 10.9. The van der Waals surface area contributed by atoms with E-state index in [9.17, 15) is 0 Å². The molecule has 31 heavy (non-hydrogen) atoms. The zero-order valence-electron chi connectivity index (χ0n) is 17.2. The van der Waals surface area contributed by atoms with Crippen molar-refractivity contribution in [1.82, 2.24) is 0 Å². The molecule has 0 amide bonds. The summed E-state index contributed by atoms with van der Waals surface area (Å²) in [6.07, 6.45) is 3.07. The standard InChI is InChI=1S/C29H22O2/c1(20-4-11-25(12-5-20)28-18-30-28)2-22-8-10-23(27(17-22)24-15-16-24)9-3-21-6-13-26(14-7-21)29-19-31-29/h4-8,10-14,17,24,28-29H,15-16,18-19H2. The minimum absolute atomic E-state index is 0.293. The molecule has 2 nitrogen and oxygen atoms in total. The van der Waals surface area contributed by atoms with E-state index in [1.54, 1.807) is 0 Å². The van der Waals surface area contributed by atoms with Gasteiger partial charge in [-0.3, -0.25) is 0 Å². The van der Waals surface area contributed by atoms with E-state index in [-0.39, 0.29) is 0 Å². The highest BCUT2D eigenvalue weighted by Gasteiger charge is 2.26. The third-order valence-corrected chi connectivity index (χ3v) is 5.99. The maximum absolute atomic E-state index is 5.34. The van der Waals surface area contributed by atoms with Gasteiger partial charge in [0.25, 0.3) is 0 Å². The number of hydrogen-bond acceptors (Lipinski definition) is 2. The van der Waals surface area contributed by atoms with Crippen molar-refractivity contribution in [3.63, 3.8) is 0 Å². The van der Waals surface area contributed by atoms with Gasteiger partial charge in [-0.25, -0.2) is 0 Å². The van der Waals surface area contributed by atoms with E-state index >= 15 is 0 Å². The van der Waals surface area contributed by atoms with Gasteiger partial charge in [-0.2, -0.15) is 0 Å². The summed E-state index contributed by atoms with van der Waals surface area (Å²) in [7, 11) is 0. The number of ether oxygens (including phenoxy) is 2. The highest BCUT2D eigenvalue weighted by atomic mass is 16.6. The van der Waals surface area contributed by atoms with E-state index in [0.29, 0.717) is 18.1 Å². The number of rotatable bonds is 3. The molecule has 3 aromatic rings. The molecule has 1 saturated carbocycles. The van der Waals surface area contributed by atoms with Gasteiger partial charge < -0.3 is 9.47 Å². The van der Waals surface area contributed by atoms with E-state index in [0.717, 1.165) is 35.5 Å². The molecule has 0 radical (unpaired) electrons. The molecule has 2 atom stereocenters. The van der Waals surface area contributed by atoms with E-state index < -0.39 is 0 Å². The summed E-state index contributed by atoms with van der Waals surface area (Å²) in [4.78, 5) is 0. The minimum Gasteiger partial charge on any atom is -0.368 e. The summed E-state index contributed by atoms with van der Waals surface area (Å²) in [6.45, 7) is 1.68. The van der Waals surface area contributed by atoms with Crippen LogP contribution in [0.5, 0.6) is 0 Å². The lowest BCUT2D eigenvalue weighted by Crippen LogP contribution is -1.90. The lowest BCUT2D eigenvalue weighted by Gasteiger charge is -2.04. The zero-order chi connectivity index (χ0) is 20.6. The quantitative estimate of drug-likeness (QED) is 0.427. The average Bonchev–Trinajstić information content (AvgIpc) is 3.67. The molecule has 2 aliphatic heterocycles. The Hall–Kier alpha value is -3.30. The Labute approximate surface area is 183 Å². The second-order valence-corrected chi connectivity index (χ2v) is 8.46. The maximum atomic E-state index is 5.34. The zero-order valence-corrected chi connectivity index (χ0v) is 17.2. The Morgan fingerprint density at radius 2 is 1.06 bits per heavy atom. The van der Waals surface area contributed by atoms with Crippen LogP contribution in [0.25, 0.3) is 0 Å². The molecular weight excluding hydrogens is 380 g/mol. The molecule has 0 aromatic heterocycles. The van der Waals surface area contributed by atoms with Crippen molar-refractivity contribution in [2.45, 2.75) is 31.0 Å². The summed E-state index contributed by atoms with van der Waals surface area (Å²) >= 11 is 0. The molecule has 0 bridgehead atoms. The SMILES string of the molecule is C(#Cc1ccc(C#Cc2ccc(C3CO3)cc2)c(C2CC2)c1)c1ccc(C2CO2)cc1. The third-order valence-electron chi connectivity index (χ3n) is 5.99. The molecular formula is C29H22O2. The van der Waals surface area contributed by atoms with Crippen LogP contribution >= 0.6 is 0 Å². The lowest BCUT2D eigenvalue weighted by molar-refractivity contribution is 0.415. The van der Waals surface area contributed by atoms with Crippen LogP contribution in [0, 0.1) is 23.7 Å². The van der Waals surface area contributed by atoms with Gasteiger partial charge in [0.15, 0.2) is 0 Å². The minimum atomic E-state index is 0.293. The van der Waals surface area contributed by atoms with E-state index in [4.69, 9.17) is 9.47 Å². The molecule has 2 saturated heterocycles. The van der Waals surface area contributed by atoms with Crippen LogP contribution in [0.2, 0.25) is 0 Å². The summed E-state index contributed by atoms with van der Waals surface area (Å²) in [5.74, 6) is 14.0. The van der Waals surface area contributed by atoms with Crippen LogP contribution in [0.1, 0.15) is 69.9 Å². The van der Waals surface area contributed by atoms with Crippen molar-refractivity contribution in [2.75, 3.05) is 13.2 Å². The van der Waals surface area contributed by atoms with Crippen LogP contribution in [0.3, 0.4) is 0 Å². The second kappa shape index (κ2) is 7.75. The van der Waals surface area contributed by atoms with Gasteiger partial charge in [-0.15, -0.1) is 0 Å². The fourth-order valence-corrected chi connectivity index (χ4v) is 3.81. The lowest BCUT2D eigenvalue weighted by atomic mass is 9.99. The van der Waals surface area contributed by atoms with Gasteiger partial charge in [0, 0.05) is 22.3 Å². The number of benzene rings is 3. The Morgan fingerprint density at radius 1 is 0.581 bits per heavy atom. The van der Waals surface area contributed by atoms with E-state index in [1.165, 1.54) is 29.5 Å². The van der Waals surface area contributed by atoms with Crippen molar-refractivity contribution in [1.29, 1.82) is 0 Å². The van der Waals surface area contributed by atoms with Crippen molar-refractivity contribution in [2.24, 2.45) is 0 Å². The van der Waals surface area contributed by atoms with Gasteiger partial charge in [-0.1, -0.05) is 47.9 Å². The first-order valence-electron chi connectivity index (χ1n) is 10.9. The van der Waals surface area contributed by atoms with E-state index in [1.807, 2.05) is 0 Å². The predicted octanol–water partition coefficient (Wildman–Crippen LogP) is 5.51. The molecule has 3 fully saturated rings. The molecule has 0 spiro atoms. The van der Waals surface area contributed by atoms with Crippen molar-refractivity contribution in [3.8, 4) is 23.7 Å². The second-order valence-electron chi connectivity index (χ2n) is 8.46. The van der Waals surface area contributed by atoms with Crippen LogP contribution < -0.4 is 0 Å². The summed E-state index contributed by atoms with van der Waals surface area (Å²) in [6, 6.07) is 23.2. The van der Waals surface area contributed by atoms with Crippen molar-refractivity contribution < 1.29 is 9.47 Å².